The maximum Gasteiger partial charge on any atom is 0.328 e. The molecule has 2 unspecified atom stereocenters. The van der Waals surface area contributed by atoms with Crippen LogP contribution in [0.5, 0.6) is 0 Å². The number of aryl methyl sites for hydroxylation is 1. The molecule has 0 aromatic heterocycles. The van der Waals surface area contributed by atoms with Gasteiger partial charge in [-0.2, -0.15) is 0 Å². The van der Waals surface area contributed by atoms with Crippen molar-refractivity contribution in [3.63, 3.8) is 0 Å². The van der Waals surface area contributed by atoms with E-state index in [9.17, 15) is 4.79 Å². The zero-order valence-electron chi connectivity index (χ0n) is 12.5. The lowest BCUT2D eigenvalue weighted by Crippen LogP contribution is -2.42. The Hall–Kier alpha value is -1.77. The second-order valence-electron chi connectivity index (χ2n) is 5.77. The molecule has 1 N–H and O–H groups in total. The van der Waals surface area contributed by atoms with Crippen molar-refractivity contribution in [2.24, 2.45) is 5.92 Å². The van der Waals surface area contributed by atoms with Gasteiger partial charge in [0.15, 0.2) is 0 Å². The second-order valence-corrected chi connectivity index (χ2v) is 5.77. The normalized spacial score (nSPS) is 23.2. The van der Waals surface area contributed by atoms with Gasteiger partial charge in [-0.1, -0.05) is 13.0 Å². The second kappa shape index (κ2) is 6.12. The number of carboxylic acids is 1. The van der Waals surface area contributed by atoms with Crippen LogP contribution in [-0.4, -0.2) is 23.7 Å². The van der Waals surface area contributed by atoms with E-state index in [0.717, 1.165) is 18.0 Å². The fourth-order valence-corrected chi connectivity index (χ4v) is 2.95. The van der Waals surface area contributed by atoms with Crippen LogP contribution in [0.1, 0.15) is 37.8 Å². The van der Waals surface area contributed by atoms with Gasteiger partial charge in [-0.25, -0.2) is 4.79 Å². The van der Waals surface area contributed by atoms with E-state index >= 15 is 0 Å². The van der Waals surface area contributed by atoms with Crippen molar-refractivity contribution in [3.8, 4) is 0 Å². The lowest BCUT2D eigenvalue weighted by Gasteiger charge is -2.40. The Morgan fingerprint density at radius 1 is 1.40 bits per heavy atom. The zero-order chi connectivity index (χ0) is 14.7. The van der Waals surface area contributed by atoms with Crippen LogP contribution in [0.2, 0.25) is 0 Å². The fraction of sp³-hybridized carbons (Fsp3) is 0.471. The molecule has 20 heavy (non-hydrogen) atoms. The fourth-order valence-electron chi connectivity index (χ4n) is 2.95. The van der Waals surface area contributed by atoms with E-state index in [0.29, 0.717) is 6.04 Å². The number of nitrogens with zero attached hydrogens (tertiary/aromatic N) is 1. The van der Waals surface area contributed by atoms with Gasteiger partial charge in [-0.05, 0) is 61.9 Å². The minimum atomic E-state index is -0.912. The van der Waals surface area contributed by atoms with Crippen molar-refractivity contribution in [1.82, 2.24) is 0 Å². The Morgan fingerprint density at radius 2 is 2.15 bits per heavy atom. The van der Waals surface area contributed by atoms with E-state index in [-0.39, 0.29) is 0 Å². The van der Waals surface area contributed by atoms with Crippen molar-refractivity contribution in [1.29, 1.82) is 0 Å². The highest BCUT2D eigenvalue weighted by atomic mass is 16.4. The molecule has 2 rings (SSSR count). The summed E-state index contributed by atoms with van der Waals surface area (Å²) in [6.07, 6.45) is 5.36. The maximum atomic E-state index is 10.6. The number of carboxylic acid groups (broad SMARTS) is 1. The van der Waals surface area contributed by atoms with Crippen LogP contribution in [0.15, 0.2) is 24.3 Å². The quantitative estimate of drug-likeness (QED) is 0.853. The van der Waals surface area contributed by atoms with Crippen LogP contribution in [0.25, 0.3) is 6.08 Å². The molecule has 1 heterocycles. The summed E-state index contributed by atoms with van der Waals surface area (Å²) in [4.78, 5) is 13.0. The van der Waals surface area contributed by atoms with Crippen LogP contribution in [0, 0.1) is 12.8 Å². The summed E-state index contributed by atoms with van der Waals surface area (Å²) >= 11 is 0. The summed E-state index contributed by atoms with van der Waals surface area (Å²) in [6.45, 7) is 7.81. The zero-order valence-corrected chi connectivity index (χ0v) is 12.5. The molecule has 3 heteroatoms. The molecule has 0 spiro atoms. The predicted molar refractivity (Wildman–Crippen MR) is 83.1 cm³/mol. The van der Waals surface area contributed by atoms with Crippen LogP contribution < -0.4 is 4.90 Å². The summed E-state index contributed by atoms with van der Waals surface area (Å²) in [5, 5.41) is 8.67. The van der Waals surface area contributed by atoms with Gasteiger partial charge >= 0.3 is 5.97 Å². The van der Waals surface area contributed by atoms with E-state index in [4.69, 9.17) is 5.11 Å². The van der Waals surface area contributed by atoms with E-state index in [1.807, 2.05) is 6.07 Å². The molecule has 1 aliphatic heterocycles. The molecule has 1 aromatic rings. The van der Waals surface area contributed by atoms with Gasteiger partial charge in [0, 0.05) is 24.4 Å². The summed E-state index contributed by atoms with van der Waals surface area (Å²) in [5.41, 5.74) is 3.42. The Labute approximate surface area is 120 Å². The van der Waals surface area contributed by atoms with Gasteiger partial charge in [0.2, 0.25) is 0 Å². The maximum absolute atomic E-state index is 10.6. The van der Waals surface area contributed by atoms with E-state index in [1.54, 1.807) is 6.08 Å². The van der Waals surface area contributed by atoms with Crippen molar-refractivity contribution in [3.05, 3.63) is 35.4 Å². The third kappa shape index (κ3) is 3.21. The molecule has 0 radical (unpaired) electrons. The molecule has 1 aromatic carbocycles. The summed E-state index contributed by atoms with van der Waals surface area (Å²) < 4.78 is 0. The molecule has 1 fully saturated rings. The highest BCUT2D eigenvalue weighted by molar-refractivity contribution is 5.85. The highest BCUT2D eigenvalue weighted by Crippen LogP contribution is 2.31. The number of rotatable bonds is 3. The number of hydrogen-bond acceptors (Lipinski definition) is 2. The topological polar surface area (TPSA) is 40.5 Å². The monoisotopic (exact) mass is 273 g/mol. The molecule has 0 saturated carbocycles. The van der Waals surface area contributed by atoms with Crippen LogP contribution in [-0.2, 0) is 4.79 Å². The molecule has 2 atom stereocenters. The highest BCUT2D eigenvalue weighted by Gasteiger charge is 2.25. The minimum Gasteiger partial charge on any atom is -0.478 e. The number of piperidine rings is 1. The van der Waals surface area contributed by atoms with Gasteiger partial charge in [0.05, 0.1) is 0 Å². The molecule has 1 saturated heterocycles. The van der Waals surface area contributed by atoms with E-state index in [2.05, 4.69) is 37.8 Å². The Kier molecular flexibility index (Phi) is 4.48. The van der Waals surface area contributed by atoms with Crippen molar-refractivity contribution < 1.29 is 9.90 Å². The number of hydrogen-bond donors (Lipinski definition) is 1. The average molecular weight is 273 g/mol. The lowest BCUT2D eigenvalue weighted by molar-refractivity contribution is -0.131. The van der Waals surface area contributed by atoms with Crippen LogP contribution in [0.4, 0.5) is 5.69 Å². The Morgan fingerprint density at radius 3 is 2.80 bits per heavy atom. The minimum absolute atomic E-state index is 0.558. The van der Waals surface area contributed by atoms with Crippen LogP contribution in [0.3, 0.4) is 0 Å². The standard InChI is InChI=1S/C17H23NO2/c1-12-5-4-10-18(14(12)3)16-8-6-15(11-13(16)2)7-9-17(19)20/h6-9,11-12,14H,4-5,10H2,1-3H3,(H,19,20). The first-order chi connectivity index (χ1) is 9.49. The number of carbonyl (C=O) groups is 1. The van der Waals surface area contributed by atoms with E-state index < -0.39 is 5.97 Å². The summed E-state index contributed by atoms with van der Waals surface area (Å²) in [5.74, 6) is -0.195. The van der Waals surface area contributed by atoms with Gasteiger partial charge in [-0.3, -0.25) is 0 Å². The molecular weight excluding hydrogens is 250 g/mol. The molecule has 0 aliphatic carbocycles. The first-order valence-corrected chi connectivity index (χ1v) is 7.27. The van der Waals surface area contributed by atoms with Gasteiger partial charge < -0.3 is 10.0 Å². The molecule has 0 bridgehead atoms. The van der Waals surface area contributed by atoms with E-state index in [1.165, 1.54) is 30.2 Å². The molecule has 108 valence electrons. The average Bonchev–Trinajstić information content (AvgIpc) is 2.40. The first kappa shape index (κ1) is 14.6. The Bertz CT molecular complexity index is 522. The van der Waals surface area contributed by atoms with Crippen molar-refractivity contribution in [2.75, 3.05) is 11.4 Å². The molecule has 3 nitrogen and oxygen atoms in total. The van der Waals surface area contributed by atoms with Crippen molar-refractivity contribution >= 4 is 17.7 Å². The predicted octanol–water partition coefficient (Wildman–Crippen LogP) is 3.72. The Balaban J connectivity index is 2.23. The molecule has 0 amide bonds. The van der Waals surface area contributed by atoms with Gasteiger partial charge in [-0.15, -0.1) is 0 Å². The first-order valence-electron chi connectivity index (χ1n) is 7.27. The van der Waals surface area contributed by atoms with Gasteiger partial charge in [0.25, 0.3) is 0 Å². The van der Waals surface area contributed by atoms with Gasteiger partial charge in [0.1, 0.15) is 0 Å². The molecule has 1 aliphatic rings. The largest absolute Gasteiger partial charge is 0.478 e. The lowest BCUT2D eigenvalue weighted by atomic mass is 9.91. The van der Waals surface area contributed by atoms with Crippen molar-refractivity contribution in [2.45, 2.75) is 39.7 Å². The smallest absolute Gasteiger partial charge is 0.328 e. The third-order valence-corrected chi connectivity index (χ3v) is 4.32. The van der Waals surface area contributed by atoms with Crippen LogP contribution >= 0.6 is 0 Å². The SMILES string of the molecule is Cc1cc(C=CC(=O)O)ccc1N1CCCC(C)C1C. The number of anilines is 1. The molecular formula is C17H23NO2. The number of benzene rings is 1. The third-order valence-electron chi connectivity index (χ3n) is 4.32. The number of aliphatic carboxylic acids is 1. The summed E-state index contributed by atoms with van der Waals surface area (Å²) in [7, 11) is 0. The summed E-state index contributed by atoms with van der Waals surface area (Å²) in [6, 6.07) is 6.72.